The molecule has 0 amide bonds. The summed E-state index contributed by atoms with van der Waals surface area (Å²) < 4.78 is 10.5. The maximum atomic E-state index is 5.98. The monoisotopic (exact) mass is 355 g/mol. The van der Waals surface area contributed by atoms with Crippen molar-refractivity contribution in [3.05, 3.63) is 53.6 Å². The van der Waals surface area contributed by atoms with E-state index in [1.165, 1.54) is 11.1 Å². The first-order valence-electron chi connectivity index (χ1n) is 8.72. The number of ether oxygens (including phenoxy) is 2. The van der Waals surface area contributed by atoms with Crippen molar-refractivity contribution in [2.24, 2.45) is 10.7 Å². The van der Waals surface area contributed by atoms with Gasteiger partial charge in [0, 0.05) is 18.3 Å². The Kier molecular flexibility index (Phi) is 6.50. The van der Waals surface area contributed by atoms with Gasteiger partial charge in [0.1, 0.15) is 0 Å². The average Bonchev–Trinajstić information content (AvgIpc) is 2.61. The molecule has 26 heavy (non-hydrogen) atoms. The largest absolute Gasteiger partial charge is 0.493 e. The standard InChI is InChI=1S/C21H29N3O2/c1-21(2,3)16-8-6-15(7-9-16)12-13-23-20(22)24-17-10-11-18(25-4)19(14-17)26-5/h6-11,14H,12-13H2,1-5H3,(H3,22,23,24). The van der Waals surface area contributed by atoms with Gasteiger partial charge in [0.05, 0.1) is 14.2 Å². The maximum absolute atomic E-state index is 5.98. The smallest absolute Gasteiger partial charge is 0.193 e. The fourth-order valence-electron chi connectivity index (χ4n) is 2.58. The van der Waals surface area contributed by atoms with Gasteiger partial charge in [0.2, 0.25) is 0 Å². The van der Waals surface area contributed by atoms with E-state index in [0.717, 1.165) is 12.1 Å². The summed E-state index contributed by atoms with van der Waals surface area (Å²) in [5, 5.41) is 3.08. The van der Waals surface area contributed by atoms with Crippen LogP contribution in [0.5, 0.6) is 11.5 Å². The molecule has 140 valence electrons. The summed E-state index contributed by atoms with van der Waals surface area (Å²) in [5.41, 5.74) is 9.54. The van der Waals surface area contributed by atoms with Crippen LogP contribution in [0.2, 0.25) is 0 Å². The van der Waals surface area contributed by atoms with Gasteiger partial charge in [0.15, 0.2) is 17.5 Å². The van der Waals surface area contributed by atoms with Crippen LogP contribution in [0.25, 0.3) is 0 Å². The number of aliphatic imine (C=N–C) groups is 1. The van der Waals surface area contributed by atoms with Crippen LogP contribution in [0, 0.1) is 0 Å². The van der Waals surface area contributed by atoms with Crippen molar-refractivity contribution in [2.75, 3.05) is 26.1 Å². The van der Waals surface area contributed by atoms with Gasteiger partial charge in [0.25, 0.3) is 0 Å². The Morgan fingerprint density at radius 1 is 1.00 bits per heavy atom. The van der Waals surface area contributed by atoms with Crippen molar-refractivity contribution in [3.8, 4) is 11.5 Å². The number of benzene rings is 2. The molecule has 0 unspecified atom stereocenters. The van der Waals surface area contributed by atoms with Gasteiger partial charge in [-0.3, -0.25) is 4.99 Å². The Morgan fingerprint density at radius 3 is 2.23 bits per heavy atom. The number of rotatable bonds is 6. The Morgan fingerprint density at radius 2 is 1.65 bits per heavy atom. The summed E-state index contributed by atoms with van der Waals surface area (Å²) in [5.74, 6) is 1.69. The molecular formula is C21H29N3O2. The third-order valence-electron chi connectivity index (χ3n) is 4.16. The molecule has 5 heteroatoms. The minimum atomic E-state index is 0.171. The van der Waals surface area contributed by atoms with E-state index in [-0.39, 0.29) is 5.41 Å². The Balaban J connectivity index is 1.92. The van der Waals surface area contributed by atoms with Crippen LogP contribution < -0.4 is 20.5 Å². The van der Waals surface area contributed by atoms with E-state index in [1.54, 1.807) is 14.2 Å². The summed E-state index contributed by atoms with van der Waals surface area (Å²) in [6, 6.07) is 14.2. The molecule has 0 saturated heterocycles. The lowest BCUT2D eigenvalue weighted by atomic mass is 9.86. The summed E-state index contributed by atoms with van der Waals surface area (Å²) in [4.78, 5) is 4.40. The van der Waals surface area contributed by atoms with Crippen molar-refractivity contribution in [1.82, 2.24) is 0 Å². The topological polar surface area (TPSA) is 68.9 Å². The molecule has 0 spiro atoms. The minimum Gasteiger partial charge on any atom is -0.493 e. The first-order valence-corrected chi connectivity index (χ1v) is 8.72. The van der Waals surface area contributed by atoms with Gasteiger partial charge in [-0.1, -0.05) is 45.0 Å². The summed E-state index contributed by atoms with van der Waals surface area (Å²) in [7, 11) is 3.21. The molecule has 2 aromatic rings. The van der Waals surface area contributed by atoms with Crippen LogP contribution in [0.1, 0.15) is 31.9 Å². The molecule has 0 radical (unpaired) electrons. The Labute approximate surface area is 156 Å². The van der Waals surface area contributed by atoms with Crippen molar-refractivity contribution >= 4 is 11.6 Å². The number of hydrogen-bond donors (Lipinski definition) is 2. The number of guanidine groups is 1. The summed E-state index contributed by atoms with van der Waals surface area (Å²) in [6.07, 6.45) is 0.846. The first kappa shape index (κ1) is 19.6. The van der Waals surface area contributed by atoms with E-state index in [1.807, 2.05) is 18.2 Å². The highest BCUT2D eigenvalue weighted by atomic mass is 16.5. The first-order chi connectivity index (χ1) is 12.3. The average molecular weight is 355 g/mol. The molecule has 0 aromatic heterocycles. The second-order valence-electron chi connectivity index (χ2n) is 7.16. The number of nitrogens with one attached hydrogen (secondary N) is 1. The van der Waals surface area contributed by atoms with E-state index in [9.17, 15) is 0 Å². The Hall–Kier alpha value is -2.69. The lowest BCUT2D eigenvalue weighted by Crippen LogP contribution is -2.23. The predicted octanol–water partition coefficient (Wildman–Crippen LogP) is 3.97. The number of anilines is 1. The van der Waals surface area contributed by atoms with Crippen molar-refractivity contribution < 1.29 is 9.47 Å². The molecule has 2 aromatic carbocycles. The molecule has 0 bridgehead atoms. The second-order valence-corrected chi connectivity index (χ2v) is 7.16. The normalized spacial score (nSPS) is 12.0. The predicted molar refractivity (Wildman–Crippen MR) is 109 cm³/mol. The van der Waals surface area contributed by atoms with Crippen LogP contribution >= 0.6 is 0 Å². The third kappa shape index (κ3) is 5.41. The number of methoxy groups -OCH3 is 2. The van der Waals surface area contributed by atoms with Crippen LogP contribution in [-0.2, 0) is 11.8 Å². The molecule has 0 aliphatic heterocycles. The van der Waals surface area contributed by atoms with Crippen LogP contribution in [0.3, 0.4) is 0 Å². The van der Waals surface area contributed by atoms with E-state index in [0.29, 0.717) is 24.0 Å². The van der Waals surface area contributed by atoms with E-state index in [2.05, 4.69) is 55.3 Å². The summed E-state index contributed by atoms with van der Waals surface area (Å²) >= 11 is 0. The number of hydrogen-bond acceptors (Lipinski definition) is 3. The molecule has 3 N–H and O–H groups in total. The zero-order valence-electron chi connectivity index (χ0n) is 16.3. The van der Waals surface area contributed by atoms with E-state index in [4.69, 9.17) is 15.2 Å². The number of nitrogens with zero attached hydrogens (tertiary/aromatic N) is 1. The van der Waals surface area contributed by atoms with Crippen molar-refractivity contribution in [1.29, 1.82) is 0 Å². The van der Waals surface area contributed by atoms with E-state index < -0.39 is 0 Å². The van der Waals surface area contributed by atoms with Gasteiger partial charge >= 0.3 is 0 Å². The van der Waals surface area contributed by atoms with Gasteiger partial charge in [-0.05, 0) is 35.1 Å². The molecule has 0 saturated carbocycles. The number of nitrogens with two attached hydrogens (primary N) is 1. The van der Waals surface area contributed by atoms with E-state index >= 15 is 0 Å². The lowest BCUT2D eigenvalue weighted by Gasteiger charge is -2.19. The van der Waals surface area contributed by atoms with Gasteiger partial charge in [-0.25, -0.2) is 0 Å². The van der Waals surface area contributed by atoms with Gasteiger partial charge in [-0.15, -0.1) is 0 Å². The summed E-state index contributed by atoms with van der Waals surface area (Å²) in [6.45, 7) is 7.27. The highest BCUT2D eigenvalue weighted by molar-refractivity contribution is 5.92. The highest BCUT2D eigenvalue weighted by Crippen LogP contribution is 2.29. The minimum absolute atomic E-state index is 0.171. The molecule has 0 aliphatic rings. The fourth-order valence-corrected chi connectivity index (χ4v) is 2.58. The Bertz CT molecular complexity index is 747. The van der Waals surface area contributed by atoms with Crippen LogP contribution in [-0.4, -0.2) is 26.7 Å². The SMILES string of the molecule is COc1ccc(NC(N)=NCCc2ccc(C(C)(C)C)cc2)cc1OC. The molecule has 2 rings (SSSR count). The quantitative estimate of drug-likeness (QED) is 0.608. The molecular weight excluding hydrogens is 326 g/mol. The lowest BCUT2D eigenvalue weighted by molar-refractivity contribution is 0.355. The highest BCUT2D eigenvalue weighted by Gasteiger charge is 2.12. The van der Waals surface area contributed by atoms with Crippen molar-refractivity contribution in [2.45, 2.75) is 32.6 Å². The molecule has 0 fully saturated rings. The molecule has 0 heterocycles. The van der Waals surface area contributed by atoms with Crippen molar-refractivity contribution in [3.63, 3.8) is 0 Å². The van der Waals surface area contributed by atoms with Gasteiger partial charge < -0.3 is 20.5 Å². The second kappa shape index (κ2) is 8.61. The molecule has 0 atom stereocenters. The fraction of sp³-hybridized carbons (Fsp3) is 0.381. The zero-order valence-corrected chi connectivity index (χ0v) is 16.3. The van der Waals surface area contributed by atoms with Crippen LogP contribution in [0.4, 0.5) is 5.69 Å². The molecule has 0 aliphatic carbocycles. The molecule has 5 nitrogen and oxygen atoms in total. The zero-order chi connectivity index (χ0) is 19.2. The third-order valence-corrected chi connectivity index (χ3v) is 4.16. The van der Waals surface area contributed by atoms with Gasteiger partial charge in [-0.2, -0.15) is 0 Å². The maximum Gasteiger partial charge on any atom is 0.193 e. The van der Waals surface area contributed by atoms with Crippen LogP contribution in [0.15, 0.2) is 47.5 Å².